The van der Waals surface area contributed by atoms with Crippen molar-refractivity contribution in [3.8, 4) is 17.6 Å². The quantitative estimate of drug-likeness (QED) is 0.579. The number of hydrogen-bond acceptors (Lipinski definition) is 3. The molecule has 0 spiro atoms. The molecule has 2 aromatic carbocycles. The largest absolute Gasteiger partial charge is 0.337 e. The number of H-pyrrole nitrogens is 1. The Morgan fingerprint density at radius 2 is 2.00 bits per heavy atom. The van der Waals surface area contributed by atoms with Gasteiger partial charge in [0.25, 0.3) is 0 Å². The first-order valence-corrected chi connectivity index (χ1v) is 6.59. The minimum absolute atomic E-state index is 0.565. The van der Waals surface area contributed by atoms with Crippen molar-refractivity contribution in [1.29, 1.82) is 5.26 Å². The lowest BCUT2D eigenvalue weighted by atomic mass is 10.2. The number of imidazole rings is 1. The molecule has 2 aromatic heterocycles. The summed E-state index contributed by atoms with van der Waals surface area (Å²) in [7, 11) is 1.91. The van der Waals surface area contributed by atoms with Gasteiger partial charge in [-0.3, -0.25) is 4.68 Å². The van der Waals surface area contributed by atoms with Gasteiger partial charge in [-0.15, -0.1) is 0 Å². The molecule has 4 rings (SSSR count). The summed E-state index contributed by atoms with van der Waals surface area (Å²) in [5.41, 5.74) is 3.94. The van der Waals surface area contributed by atoms with Crippen LogP contribution in [0, 0.1) is 11.3 Å². The molecule has 0 unspecified atom stereocenters. The van der Waals surface area contributed by atoms with Crippen molar-refractivity contribution in [2.75, 3.05) is 0 Å². The lowest BCUT2D eigenvalue weighted by Gasteiger charge is -1.91. The molecule has 0 aliphatic rings. The monoisotopic (exact) mass is 273 g/mol. The van der Waals surface area contributed by atoms with Crippen LogP contribution in [0.5, 0.6) is 0 Å². The molecule has 21 heavy (non-hydrogen) atoms. The van der Waals surface area contributed by atoms with Gasteiger partial charge in [0.2, 0.25) is 0 Å². The van der Waals surface area contributed by atoms with Crippen LogP contribution in [0.3, 0.4) is 0 Å². The molecule has 4 aromatic rings. The number of para-hydroxylation sites is 2. The maximum absolute atomic E-state index is 9.17. The standard InChI is InChI=1S/C16H11N5/c1-21-13-8-3-2-6-11(13)15(20-21)16-18-12-7-4-5-10(9-17)14(12)19-16/h2-8H,1H3,(H,18,19). The topological polar surface area (TPSA) is 70.3 Å². The summed E-state index contributed by atoms with van der Waals surface area (Å²) >= 11 is 0. The number of nitriles is 1. The van der Waals surface area contributed by atoms with E-state index in [2.05, 4.69) is 21.1 Å². The van der Waals surface area contributed by atoms with Crippen LogP contribution in [0.4, 0.5) is 0 Å². The third-order valence-corrected chi connectivity index (χ3v) is 3.62. The van der Waals surface area contributed by atoms with Crippen LogP contribution in [0.2, 0.25) is 0 Å². The molecule has 0 aliphatic carbocycles. The van der Waals surface area contributed by atoms with Crippen LogP contribution < -0.4 is 0 Å². The molecule has 5 heteroatoms. The number of fused-ring (bicyclic) bond motifs is 2. The fraction of sp³-hybridized carbons (Fsp3) is 0.0625. The van der Waals surface area contributed by atoms with Gasteiger partial charge in [-0.05, 0) is 18.2 Å². The van der Waals surface area contributed by atoms with E-state index in [1.807, 2.05) is 48.1 Å². The molecule has 0 amide bonds. The number of aryl methyl sites for hydroxylation is 1. The molecule has 0 saturated heterocycles. The number of nitrogens with zero attached hydrogens (tertiary/aromatic N) is 4. The zero-order valence-corrected chi connectivity index (χ0v) is 11.3. The molecule has 0 fully saturated rings. The molecular weight excluding hydrogens is 262 g/mol. The van der Waals surface area contributed by atoms with Crippen molar-refractivity contribution in [3.63, 3.8) is 0 Å². The number of nitrogens with one attached hydrogen (secondary N) is 1. The molecule has 0 radical (unpaired) electrons. The SMILES string of the molecule is Cn1nc(-c2nc3c(C#N)cccc3[nH]2)c2ccccc21. The van der Waals surface area contributed by atoms with Crippen LogP contribution in [-0.4, -0.2) is 19.7 Å². The smallest absolute Gasteiger partial charge is 0.159 e. The molecule has 0 aliphatic heterocycles. The molecule has 100 valence electrons. The minimum atomic E-state index is 0.565. The molecular formula is C16H11N5. The van der Waals surface area contributed by atoms with E-state index in [0.29, 0.717) is 16.9 Å². The van der Waals surface area contributed by atoms with Gasteiger partial charge in [0.15, 0.2) is 5.82 Å². The number of rotatable bonds is 1. The molecule has 0 atom stereocenters. The molecule has 1 N–H and O–H groups in total. The van der Waals surface area contributed by atoms with E-state index in [-0.39, 0.29) is 0 Å². The summed E-state index contributed by atoms with van der Waals surface area (Å²) in [5.74, 6) is 0.685. The maximum Gasteiger partial charge on any atom is 0.159 e. The predicted octanol–water partition coefficient (Wildman–Crippen LogP) is 2.99. The lowest BCUT2D eigenvalue weighted by Crippen LogP contribution is -1.90. The fourth-order valence-electron chi connectivity index (χ4n) is 2.62. The Labute approximate surface area is 120 Å². The summed E-state index contributed by atoms with van der Waals surface area (Å²) in [6.07, 6.45) is 0. The van der Waals surface area contributed by atoms with Crippen LogP contribution in [-0.2, 0) is 7.05 Å². The van der Waals surface area contributed by atoms with Gasteiger partial charge >= 0.3 is 0 Å². The second-order valence-corrected chi connectivity index (χ2v) is 4.89. The summed E-state index contributed by atoms with van der Waals surface area (Å²) in [5, 5.41) is 14.8. The number of aromatic nitrogens is 4. The Bertz CT molecular complexity index is 1020. The van der Waals surface area contributed by atoms with Crippen molar-refractivity contribution in [2.45, 2.75) is 0 Å². The number of aromatic amines is 1. The first-order chi connectivity index (χ1) is 10.3. The van der Waals surface area contributed by atoms with Crippen molar-refractivity contribution in [3.05, 3.63) is 48.0 Å². The normalized spacial score (nSPS) is 11.0. The first kappa shape index (κ1) is 11.7. The third-order valence-electron chi connectivity index (χ3n) is 3.62. The molecule has 0 saturated carbocycles. The van der Waals surface area contributed by atoms with E-state index in [1.165, 1.54) is 0 Å². The third kappa shape index (κ3) is 1.63. The highest BCUT2D eigenvalue weighted by Gasteiger charge is 2.15. The number of benzene rings is 2. The molecule has 0 bridgehead atoms. The summed E-state index contributed by atoms with van der Waals surface area (Å²) in [4.78, 5) is 7.82. The van der Waals surface area contributed by atoms with Crippen LogP contribution in [0.15, 0.2) is 42.5 Å². The Morgan fingerprint density at radius 1 is 1.14 bits per heavy atom. The highest BCUT2D eigenvalue weighted by molar-refractivity contribution is 5.94. The van der Waals surface area contributed by atoms with Crippen molar-refractivity contribution in [1.82, 2.24) is 19.7 Å². The maximum atomic E-state index is 9.17. The minimum Gasteiger partial charge on any atom is -0.337 e. The van der Waals surface area contributed by atoms with Gasteiger partial charge in [-0.1, -0.05) is 24.3 Å². The van der Waals surface area contributed by atoms with E-state index in [4.69, 9.17) is 5.26 Å². The van der Waals surface area contributed by atoms with Gasteiger partial charge in [0, 0.05) is 12.4 Å². The first-order valence-electron chi connectivity index (χ1n) is 6.59. The second-order valence-electron chi connectivity index (χ2n) is 4.89. The molecule has 2 heterocycles. The van der Waals surface area contributed by atoms with Gasteiger partial charge in [0.1, 0.15) is 17.3 Å². The molecule has 5 nitrogen and oxygen atoms in total. The van der Waals surface area contributed by atoms with Crippen molar-refractivity contribution >= 4 is 21.9 Å². The average Bonchev–Trinajstić information content (AvgIpc) is 3.08. The van der Waals surface area contributed by atoms with E-state index in [1.54, 1.807) is 6.07 Å². The Hall–Kier alpha value is -3.13. The zero-order valence-electron chi connectivity index (χ0n) is 11.3. The lowest BCUT2D eigenvalue weighted by molar-refractivity contribution is 0.798. The number of hydrogen-bond donors (Lipinski definition) is 1. The van der Waals surface area contributed by atoms with Crippen LogP contribution in [0.1, 0.15) is 5.56 Å². The zero-order chi connectivity index (χ0) is 14.4. The van der Waals surface area contributed by atoms with E-state index < -0.39 is 0 Å². The second kappa shape index (κ2) is 4.18. The Kier molecular flexibility index (Phi) is 2.33. The summed E-state index contributed by atoms with van der Waals surface area (Å²) in [6.45, 7) is 0. The van der Waals surface area contributed by atoms with Gasteiger partial charge in [-0.25, -0.2) is 4.98 Å². The van der Waals surface area contributed by atoms with Gasteiger partial charge in [0.05, 0.1) is 16.6 Å². The van der Waals surface area contributed by atoms with Crippen molar-refractivity contribution < 1.29 is 0 Å². The highest BCUT2D eigenvalue weighted by atomic mass is 15.3. The van der Waals surface area contributed by atoms with Gasteiger partial charge in [-0.2, -0.15) is 10.4 Å². The average molecular weight is 273 g/mol. The highest BCUT2D eigenvalue weighted by Crippen LogP contribution is 2.27. The Balaban J connectivity index is 2.03. The van der Waals surface area contributed by atoms with Crippen LogP contribution >= 0.6 is 0 Å². The Morgan fingerprint density at radius 3 is 2.86 bits per heavy atom. The summed E-state index contributed by atoms with van der Waals surface area (Å²) < 4.78 is 1.84. The summed E-state index contributed by atoms with van der Waals surface area (Å²) in [6, 6.07) is 15.7. The predicted molar refractivity (Wildman–Crippen MR) is 80.5 cm³/mol. The van der Waals surface area contributed by atoms with Crippen molar-refractivity contribution in [2.24, 2.45) is 7.05 Å². The van der Waals surface area contributed by atoms with E-state index in [0.717, 1.165) is 22.1 Å². The van der Waals surface area contributed by atoms with E-state index >= 15 is 0 Å². The van der Waals surface area contributed by atoms with E-state index in [9.17, 15) is 0 Å². The fourth-order valence-corrected chi connectivity index (χ4v) is 2.62. The van der Waals surface area contributed by atoms with Crippen LogP contribution in [0.25, 0.3) is 33.5 Å². The van der Waals surface area contributed by atoms with Gasteiger partial charge < -0.3 is 4.98 Å².